The van der Waals surface area contributed by atoms with Crippen LogP contribution in [-0.2, 0) is 17.6 Å². The first-order valence-corrected chi connectivity index (χ1v) is 7.22. The van der Waals surface area contributed by atoms with E-state index >= 15 is 0 Å². The summed E-state index contributed by atoms with van der Waals surface area (Å²) < 4.78 is 11.2. The van der Waals surface area contributed by atoms with Crippen molar-refractivity contribution in [2.24, 2.45) is 0 Å². The standard InChI is InChI=1S/C15H19ClO3/c1-10-8-15(17,3-5-18-10)9-12-7-13(16)6-11-2-4-19-14(11)12/h6-7,10,17H,2-5,8-9H2,1H3. The number of halogens is 1. The van der Waals surface area contributed by atoms with Crippen LogP contribution in [0.2, 0.25) is 5.02 Å². The van der Waals surface area contributed by atoms with Crippen molar-refractivity contribution in [3.8, 4) is 5.75 Å². The molecule has 2 heterocycles. The highest BCUT2D eigenvalue weighted by atomic mass is 35.5. The summed E-state index contributed by atoms with van der Waals surface area (Å²) in [5.41, 5.74) is 1.48. The Bertz CT molecular complexity index is 489. The molecule has 1 N–H and O–H groups in total. The molecule has 2 aliphatic rings. The molecule has 2 aliphatic heterocycles. The van der Waals surface area contributed by atoms with Gasteiger partial charge in [0.15, 0.2) is 0 Å². The van der Waals surface area contributed by atoms with Crippen molar-refractivity contribution in [1.82, 2.24) is 0 Å². The van der Waals surface area contributed by atoms with Gasteiger partial charge < -0.3 is 14.6 Å². The molecule has 19 heavy (non-hydrogen) atoms. The summed E-state index contributed by atoms with van der Waals surface area (Å²) in [4.78, 5) is 0. The number of aliphatic hydroxyl groups is 1. The molecule has 3 rings (SSSR count). The Labute approximate surface area is 118 Å². The summed E-state index contributed by atoms with van der Waals surface area (Å²) in [5.74, 6) is 0.928. The van der Waals surface area contributed by atoms with Gasteiger partial charge in [0.2, 0.25) is 0 Å². The highest BCUT2D eigenvalue weighted by Crippen LogP contribution is 2.37. The van der Waals surface area contributed by atoms with Crippen LogP contribution in [0.1, 0.15) is 30.9 Å². The van der Waals surface area contributed by atoms with Gasteiger partial charge in [-0.3, -0.25) is 0 Å². The van der Waals surface area contributed by atoms with Gasteiger partial charge in [0.05, 0.1) is 18.3 Å². The predicted molar refractivity (Wildman–Crippen MR) is 74.0 cm³/mol. The lowest BCUT2D eigenvalue weighted by atomic mass is 9.84. The van der Waals surface area contributed by atoms with Crippen molar-refractivity contribution in [2.75, 3.05) is 13.2 Å². The zero-order valence-corrected chi connectivity index (χ0v) is 11.9. The van der Waals surface area contributed by atoms with E-state index in [0.717, 1.165) is 28.3 Å². The smallest absolute Gasteiger partial charge is 0.126 e. The van der Waals surface area contributed by atoms with Gasteiger partial charge >= 0.3 is 0 Å². The Morgan fingerprint density at radius 2 is 2.26 bits per heavy atom. The maximum atomic E-state index is 10.7. The number of rotatable bonds is 2. The van der Waals surface area contributed by atoms with Gasteiger partial charge in [-0.15, -0.1) is 0 Å². The van der Waals surface area contributed by atoms with E-state index in [1.54, 1.807) is 0 Å². The number of benzene rings is 1. The summed E-state index contributed by atoms with van der Waals surface area (Å²) in [6.07, 6.45) is 2.92. The summed E-state index contributed by atoms with van der Waals surface area (Å²) >= 11 is 6.16. The SMILES string of the molecule is CC1CC(O)(Cc2cc(Cl)cc3c2OCC3)CCO1. The molecule has 0 spiro atoms. The molecule has 4 heteroatoms. The maximum absolute atomic E-state index is 10.7. The van der Waals surface area contributed by atoms with E-state index in [4.69, 9.17) is 21.1 Å². The van der Waals surface area contributed by atoms with Crippen LogP contribution in [0.15, 0.2) is 12.1 Å². The quantitative estimate of drug-likeness (QED) is 0.906. The predicted octanol–water partition coefficient (Wildman–Crippen LogP) is 2.75. The Balaban J connectivity index is 1.87. The van der Waals surface area contributed by atoms with E-state index in [-0.39, 0.29) is 6.10 Å². The second kappa shape index (κ2) is 4.97. The molecule has 0 aromatic heterocycles. The molecule has 0 aliphatic carbocycles. The van der Waals surface area contributed by atoms with Crippen molar-refractivity contribution >= 4 is 11.6 Å². The summed E-state index contributed by atoms with van der Waals surface area (Å²) in [6, 6.07) is 3.88. The monoisotopic (exact) mass is 282 g/mol. The minimum atomic E-state index is -0.706. The van der Waals surface area contributed by atoms with Gasteiger partial charge in [-0.25, -0.2) is 0 Å². The largest absolute Gasteiger partial charge is 0.493 e. The first kappa shape index (κ1) is 13.2. The zero-order chi connectivity index (χ0) is 13.5. The molecule has 0 saturated carbocycles. The van der Waals surface area contributed by atoms with Crippen LogP contribution in [0.5, 0.6) is 5.75 Å². The minimum Gasteiger partial charge on any atom is -0.493 e. The van der Waals surface area contributed by atoms with Crippen LogP contribution in [0.3, 0.4) is 0 Å². The molecule has 104 valence electrons. The number of ether oxygens (including phenoxy) is 2. The molecule has 2 unspecified atom stereocenters. The highest BCUT2D eigenvalue weighted by molar-refractivity contribution is 6.30. The molecule has 2 atom stereocenters. The van der Waals surface area contributed by atoms with Crippen LogP contribution in [0.25, 0.3) is 0 Å². The van der Waals surface area contributed by atoms with Gasteiger partial charge in [-0.2, -0.15) is 0 Å². The number of fused-ring (bicyclic) bond motifs is 1. The average molecular weight is 283 g/mol. The van der Waals surface area contributed by atoms with Crippen molar-refractivity contribution < 1.29 is 14.6 Å². The topological polar surface area (TPSA) is 38.7 Å². The third-order valence-electron chi connectivity index (χ3n) is 3.98. The van der Waals surface area contributed by atoms with E-state index in [0.29, 0.717) is 32.5 Å². The number of hydrogen-bond acceptors (Lipinski definition) is 3. The molecule has 1 fully saturated rings. The zero-order valence-electron chi connectivity index (χ0n) is 11.1. The van der Waals surface area contributed by atoms with E-state index < -0.39 is 5.60 Å². The maximum Gasteiger partial charge on any atom is 0.126 e. The molecule has 0 amide bonds. The summed E-state index contributed by atoms with van der Waals surface area (Å²) in [6.45, 7) is 3.32. The second-order valence-electron chi connectivity index (χ2n) is 5.69. The van der Waals surface area contributed by atoms with Gasteiger partial charge in [0.1, 0.15) is 5.75 Å². The highest BCUT2D eigenvalue weighted by Gasteiger charge is 2.35. The Kier molecular flexibility index (Phi) is 3.46. The second-order valence-corrected chi connectivity index (χ2v) is 6.12. The Morgan fingerprint density at radius 1 is 1.42 bits per heavy atom. The van der Waals surface area contributed by atoms with Crippen LogP contribution in [0, 0.1) is 0 Å². The summed E-state index contributed by atoms with van der Waals surface area (Å²) in [7, 11) is 0. The first-order chi connectivity index (χ1) is 9.06. The number of hydrogen-bond donors (Lipinski definition) is 1. The van der Waals surface area contributed by atoms with Crippen LogP contribution in [-0.4, -0.2) is 30.0 Å². The Hall–Kier alpha value is -0.770. The van der Waals surface area contributed by atoms with E-state index in [9.17, 15) is 5.11 Å². The van der Waals surface area contributed by atoms with Crippen molar-refractivity contribution in [3.63, 3.8) is 0 Å². The average Bonchev–Trinajstić information content (AvgIpc) is 2.75. The lowest BCUT2D eigenvalue weighted by Gasteiger charge is -2.36. The fourth-order valence-electron chi connectivity index (χ4n) is 3.14. The van der Waals surface area contributed by atoms with Crippen molar-refractivity contribution in [1.29, 1.82) is 0 Å². The fourth-order valence-corrected chi connectivity index (χ4v) is 3.40. The Morgan fingerprint density at radius 3 is 3.05 bits per heavy atom. The molecule has 1 saturated heterocycles. The molecular formula is C15H19ClO3. The fraction of sp³-hybridized carbons (Fsp3) is 0.600. The molecule has 0 bridgehead atoms. The molecule has 0 radical (unpaired) electrons. The van der Waals surface area contributed by atoms with Crippen LogP contribution < -0.4 is 4.74 Å². The van der Waals surface area contributed by atoms with Crippen molar-refractivity contribution in [3.05, 3.63) is 28.3 Å². The third-order valence-corrected chi connectivity index (χ3v) is 4.20. The molecule has 1 aromatic carbocycles. The summed E-state index contributed by atoms with van der Waals surface area (Å²) in [5, 5.41) is 11.5. The molecule has 1 aromatic rings. The minimum absolute atomic E-state index is 0.104. The molecule has 3 nitrogen and oxygen atoms in total. The molecular weight excluding hydrogens is 264 g/mol. The van der Waals surface area contributed by atoms with Gasteiger partial charge in [0, 0.05) is 30.9 Å². The lowest BCUT2D eigenvalue weighted by molar-refractivity contribution is -0.0962. The van der Waals surface area contributed by atoms with Gasteiger partial charge in [0.25, 0.3) is 0 Å². The van der Waals surface area contributed by atoms with Crippen molar-refractivity contribution in [2.45, 2.75) is 44.3 Å². The normalized spacial score (nSPS) is 29.9. The first-order valence-electron chi connectivity index (χ1n) is 6.84. The van der Waals surface area contributed by atoms with E-state index in [1.807, 2.05) is 19.1 Å². The van der Waals surface area contributed by atoms with Crippen LogP contribution in [0.4, 0.5) is 0 Å². The third kappa shape index (κ3) is 2.73. The lowest BCUT2D eigenvalue weighted by Crippen LogP contribution is -2.41. The van der Waals surface area contributed by atoms with E-state index in [2.05, 4.69) is 0 Å². The van der Waals surface area contributed by atoms with Gasteiger partial charge in [-0.1, -0.05) is 11.6 Å². The van der Waals surface area contributed by atoms with Gasteiger partial charge in [-0.05, 0) is 36.6 Å². The van der Waals surface area contributed by atoms with Crippen LogP contribution >= 0.6 is 11.6 Å². The van der Waals surface area contributed by atoms with E-state index in [1.165, 1.54) is 0 Å².